The van der Waals surface area contributed by atoms with Crippen LogP contribution in [0.1, 0.15) is 25.1 Å². The van der Waals surface area contributed by atoms with Gasteiger partial charge in [0.25, 0.3) is 0 Å². The maximum Gasteiger partial charge on any atom is 0.202 e. The topological polar surface area (TPSA) is 41.1 Å². The van der Waals surface area contributed by atoms with Crippen LogP contribution < -0.4 is 5.32 Å². The highest BCUT2D eigenvalue weighted by molar-refractivity contribution is 7.09. The summed E-state index contributed by atoms with van der Waals surface area (Å²) in [5.41, 5.74) is 0. The van der Waals surface area contributed by atoms with Gasteiger partial charge in [-0.05, 0) is 33.4 Å². The van der Waals surface area contributed by atoms with E-state index in [1.54, 1.807) is 0 Å². The van der Waals surface area contributed by atoms with Gasteiger partial charge in [-0.1, -0.05) is 6.42 Å². The van der Waals surface area contributed by atoms with Crippen molar-refractivity contribution in [3.8, 4) is 0 Å². The summed E-state index contributed by atoms with van der Waals surface area (Å²) in [4.78, 5) is 6.73. The Morgan fingerprint density at radius 3 is 3.07 bits per heavy atom. The van der Waals surface area contributed by atoms with E-state index < -0.39 is 0 Å². The molecule has 1 aliphatic heterocycles. The first-order valence-corrected chi connectivity index (χ1v) is 6.27. The molecule has 15 heavy (non-hydrogen) atoms. The summed E-state index contributed by atoms with van der Waals surface area (Å²) in [6, 6.07) is 0.656. The van der Waals surface area contributed by atoms with Crippen LogP contribution in [0.15, 0.2) is 0 Å². The maximum atomic E-state index is 4.30. The summed E-state index contributed by atoms with van der Waals surface area (Å²) in [6.45, 7) is 4.14. The summed E-state index contributed by atoms with van der Waals surface area (Å²) in [6.07, 6.45) is 3.98. The predicted molar refractivity (Wildman–Crippen MR) is 63.4 cm³/mol. The van der Waals surface area contributed by atoms with E-state index in [2.05, 4.69) is 26.6 Å². The highest BCUT2D eigenvalue weighted by Gasteiger charge is 2.18. The van der Waals surface area contributed by atoms with Gasteiger partial charge in [0.1, 0.15) is 5.82 Å². The summed E-state index contributed by atoms with van der Waals surface area (Å²) >= 11 is 1.45. The van der Waals surface area contributed by atoms with Crippen molar-refractivity contribution < 1.29 is 0 Å². The number of nitrogens with zero attached hydrogens (tertiary/aromatic N) is 3. The summed E-state index contributed by atoms with van der Waals surface area (Å²) in [7, 11) is 2.21. The second-order valence-electron chi connectivity index (χ2n) is 4.16. The van der Waals surface area contributed by atoms with Gasteiger partial charge in [0, 0.05) is 24.1 Å². The molecule has 0 bridgehead atoms. The monoisotopic (exact) mass is 226 g/mol. The highest BCUT2D eigenvalue weighted by Crippen LogP contribution is 2.16. The van der Waals surface area contributed by atoms with Crippen LogP contribution in [0, 0.1) is 6.92 Å². The number of hydrogen-bond acceptors (Lipinski definition) is 5. The second kappa shape index (κ2) is 4.90. The second-order valence-corrected chi connectivity index (χ2v) is 4.91. The van der Waals surface area contributed by atoms with E-state index in [9.17, 15) is 0 Å². The molecule has 0 aliphatic carbocycles. The first-order valence-electron chi connectivity index (χ1n) is 5.50. The molecule has 5 heteroatoms. The van der Waals surface area contributed by atoms with Gasteiger partial charge in [0.05, 0.1) is 0 Å². The third-order valence-corrected chi connectivity index (χ3v) is 3.70. The van der Waals surface area contributed by atoms with Crippen LogP contribution in [-0.2, 0) is 0 Å². The Labute approximate surface area is 94.9 Å². The number of likely N-dealkylation sites (tertiary alicyclic amines) is 1. The first-order chi connectivity index (χ1) is 7.25. The molecule has 84 valence electrons. The average Bonchev–Trinajstić information content (AvgIpc) is 2.63. The number of piperidine rings is 1. The zero-order valence-electron chi connectivity index (χ0n) is 9.36. The number of aryl methyl sites for hydroxylation is 1. The SMILES string of the molecule is Cc1nsc(NCC2CCCCN2C)n1. The molecule has 2 heterocycles. The lowest BCUT2D eigenvalue weighted by molar-refractivity contribution is 0.194. The fourth-order valence-corrected chi connectivity index (χ4v) is 2.56. The lowest BCUT2D eigenvalue weighted by Crippen LogP contribution is -2.40. The fourth-order valence-electron chi connectivity index (χ4n) is 1.98. The van der Waals surface area contributed by atoms with Gasteiger partial charge in [-0.25, -0.2) is 4.98 Å². The van der Waals surface area contributed by atoms with E-state index in [4.69, 9.17) is 0 Å². The third-order valence-electron chi connectivity index (χ3n) is 2.94. The molecule has 0 saturated carbocycles. The molecule has 1 atom stereocenters. The van der Waals surface area contributed by atoms with Crippen molar-refractivity contribution in [2.75, 3.05) is 25.5 Å². The quantitative estimate of drug-likeness (QED) is 0.852. The lowest BCUT2D eigenvalue weighted by atomic mass is 10.0. The van der Waals surface area contributed by atoms with E-state index in [-0.39, 0.29) is 0 Å². The Hall–Kier alpha value is -0.680. The molecule has 1 aliphatic rings. The minimum Gasteiger partial charge on any atom is -0.359 e. The largest absolute Gasteiger partial charge is 0.359 e. The van der Waals surface area contributed by atoms with Gasteiger partial charge in [-0.2, -0.15) is 4.37 Å². The van der Waals surface area contributed by atoms with Crippen LogP contribution in [0.3, 0.4) is 0 Å². The van der Waals surface area contributed by atoms with Crippen molar-refractivity contribution in [1.82, 2.24) is 14.3 Å². The highest BCUT2D eigenvalue weighted by atomic mass is 32.1. The van der Waals surface area contributed by atoms with Crippen molar-refractivity contribution in [2.24, 2.45) is 0 Å². The zero-order chi connectivity index (χ0) is 10.7. The van der Waals surface area contributed by atoms with Crippen LogP contribution in [0.25, 0.3) is 0 Å². The van der Waals surface area contributed by atoms with Crippen LogP contribution >= 0.6 is 11.5 Å². The van der Waals surface area contributed by atoms with Crippen LogP contribution in [0.4, 0.5) is 5.13 Å². The van der Waals surface area contributed by atoms with Gasteiger partial charge < -0.3 is 10.2 Å². The molecule has 0 radical (unpaired) electrons. The molecule has 1 saturated heterocycles. The molecule has 1 N–H and O–H groups in total. The molecule has 1 unspecified atom stereocenters. The maximum absolute atomic E-state index is 4.30. The van der Waals surface area contributed by atoms with E-state index >= 15 is 0 Å². The molecule has 1 aromatic rings. The van der Waals surface area contributed by atoms with Crippen LogP contribution in [-0.4, -0.2) is 40.4 Å². The Morgan fingerprint density at radius 2 is 2.40 bits per heavy atom. The smallest absolute Gasteiger partial charge is 0.202 e. The Kier molecular flexibility index (Phi) is 3.53. The van der Waals surface area contributed by atoms with Crippen LogP contribution in [0.2, 0.25) is 0 Å². The number of anilines is 1. The Bertz CT molecular complexity index is 312. The molecule has 1 aromatic heterocycles. The molecule has 4 nitrogen and oxygen atoms in total. The number of nitrogens with one attached hydrogen (secondary N) is 1. The van der Waals surface area contributed by atoms with E-state index in [1.165, 1.54) is 37.3 Å². The number of rotatable bonds is 3. The molecule has 2 rings (SSSR count). The Balaban J connectivity index is 1.81. The van der Waals surface area contributed by atoms with E-state index in [0.29, 0.717) is 6.04 Å². The van der Waals surface area contributed by atoms with Crippen LogP contribution in [0.5, 0.6) is 0 Å². The predicted octanol–water partition coefficient (Wildman–Crippen LogP) is 1.74. The first kappa shape index (κ1) is 10.8. The standard InChI is InChI=1S/C10H18N4S/c1-8-12-10(15-13-8)11-7-9-5-3-4-6-14(9)2/h9H,3-7H2,1-2H3,(H,11,12,13). The molecule has 0 amide bonds. The molecular formula is C10H18N4S. The van der Waals surface area contributed by atoms with Gasteiger partial charge in [0.15, 0.2) is 0 Å². The summed E-state index contributed by atoms with van der Waals surface area (Å²) in [5.74, 6) is 0.861. The zero-order valence-corrected chi connectivity index (χ0v) is 10.2. The van der Waals surface area contributed by atoms with E-state index in [0.717, 1.165) is 17.5 Å². The van der Waals surface area contributed by atoms with Crippen molar-refractivity contribution in [3.63, 3.8) is 0 Å². The lowest BCUT2D eigenvalue weighted by Gasteiger charge is -2.32. The Morgan fingerprint density at radius 1 is 1.53 bits per heavy atom. The minimum atomic E-state index is 0.656. The molecule has 0 spiro atoms. The number of aromatic nitrogens is 2. The molecule has 0 aromatic carbocycles. The number of hydrogen-bond donors (Lipinski definition) is 1. The molecule has 1 fully saturated rings. The summed E-state index contributed by atoms with van der Waals surface area (Å²) in [5, 5.41) is 4.32. The van der Waals surface area contributed by atoms with Gasteiger partial charge in [0.2, 0.25) is 5.13 Å². The van der Waals surface area contributed by atoms with Crippen molar-refractivity contribution >= 4 is 16.7 Å². The fraction of sp³-hybridized carbons (Fsp3) is 0.800. The third kappa shape index (κ3) is 2.89. The minimum absolute atomic E-state index is 0.656. The van der Waals surface area contributed by atoms with Crippen molar-refractivity contribution in [3.05, 3.63) is 5.82 Å². The van der Waals surface area contributed by atoms with Gasteiger partial charge >= 0.3 is 0 Å². The van der Waals surface area contributed by atoms with E-state index in [1.807, 2.05) is 6.92 Å². The summed E-state index contributed by atoms with van der Waals surface area (Å²) < 4.78 is 4.15. The number of likely N-dealkylation sites (N-methyl/N-ethyl adjacent to an activating group) is 1. The van der Waals surface area contributed by atoms with Gasteiger partial charge in [-0.15, -0.1) is 0 Å². The normalized spacial score (nSPS) is 22.9. The van der Waals surface area contributed by atoms with Crippen molar-refractivity contribution in [2.45, 2.75) is 32.2 Å². The molecular weight excluding hydrogens is 208 g/mol. The average molecular weight is 226 g/mol. The van der Waals surface area contributed by atoms with Gasteiger partial charge in [-0.3, -0.25) is 0 Å². The van der Waals surface area contributed by atoms with Crippen molar-refractivity contribution in [1.29, 1.82) is 0 Å².